The zero-order valence-corrected chi connectivity index (χ0v) is 28.7. The maximum atomic E-state index is 3.46. The third kappa shape index (κ3) is 5.78. The minimum atomic E-state index is 1.13. The van der Waals surface area contributed by atoms with Gasteiger partial charge in [-0.05, 0) is 84.8 Å². The Hall–Kier alpha value is -6.16. The molecule has 0 radical (unpaired) electrons. The van der Waals surface area contributed by atoms with Crippen LogP contribution < -0.4 is 4.90 Å². The van der Waals surface area contributed by atoms with Gasteiger partial charge in [0.2, 0.25) is 0 Å². The molecule has 2 nitrogen and oxygen atoms in total. The maximum absolute atomic E-state index is 3.46. The summed E-state index contributed by atoms with van der Waals surface area (Å²) in [5, 5.41) is 5.14. The van der Waals surface area contributed by atoms with Crippen molar-refractivity contribution in [2.75, 3.05) is 4.90 Å². The lowest BCUT2D eigenvalue weighted by Gasteiger charge is -2.25. The van der Waals surface area contributed by atoms with E-state index in [1.807, 2.05) is 30.4 Å². The molecule has 0 amide bonds. The van der Waals surface area contributed by atoms with Gasteiger partial charge in [-0.15, -0.1) is 11.3 Å². The van der Waals surface area contributed by atoms with E-state index in [0.29, 0.717) is 0 Å². The van der Waals surface area contributed by atoms with Crippen molar-refractivity contribution in [3.05, 3.63) is 195 Å². The highest BCUT2D eigenvalue weighted by Gasteiger charge is 2.16. The molecule has 0 aliphatic carbocycles. The fourth-order valence-corrected chi connectivity index (χ4v) is 7.95. The zero-order chi connectivity index (χ0) is 33.9. The molecule has 0 saturated heterocycles. The molecular weight excluding hydrogens is 625 g/mol. The average Bonchev–Trinajstić information content (AvgIpc) is 3.71. The van der Waals surface area contributed by atoms with Crippen LogP contribution in [0.5, 0.6) is 0 Å². The highest BCUT2D eigenvalue weighted by Crippen LogP contribution is 2.42. The normalized spacial score (nSPS) is 11.3. The summed E-state index contributed by atoms with van der Waals surface area (Å²) in [6.45, 7) is 5.42. The highest BCUT2D eigenvalue weighted by atomic mass is 32.1. The molecule has 7 aromatic carbocycles. The monoisotopic (exact) mass is 660 g/mol. The Bertz CT molecular complexity index is 2560. The van der Waals surface area contributed by atoms with Crippen molar-refractivity contribution in [2.24, 2.45) is 0 Å². The molecule has 0 spiro atoms. The Morgan fingerprint density at radius 1 is 0.500 bits per heavy atom. The largest absolute Gasteiger partial charge is 0.310 e. The number of allylic oxidation sites excluding steroid dienone is 3. The molecule has 9 rings (SSSR count). The Labute approximate surface area is 297 Å². The smallest absolute Gasteiger partial charge is 0.0541 e. The molecule has 3 heteroatoms. The molecule has 0 atom stereocenters. The Balaban J connectivity index is 0.000000677. The van der Waals surface area contributed by atoms with Crippen LogP contribution in [0.3, 0.4) is 0 Å². The first-order chi connectivity index (χ1) is 24.7. The average molecular weight is 661 g/mol. The van der Waals surface area contributed by atoms with E-state index in [1.54, 1.807) is 6.08 Å². The molecule has 2 heterocycles. The molecular formula is C47H36N2S. The van der Waals surface area contributed by atoms with Crippen LogP contribution in [0.15, 0.2) is 195 Å². The van der Waals surface area contributed by atoms with Gasteiger partial charge in [-0.25, -0.2) is 0 Å². The maximum Gasteiger partial charge on any atom is 0.0541 e. The third-order valence-electron chi connectivity index (χ3n) is 9.11. The molecule has 0 bridgehead atoms. The van der Waals surface area contributed by atoms with Crippen LogP contribution in [0.4, 0.5) is 17.1 Å². The second kappa shape index (κ2) is 13.8. The van der Waals surface area contributed by atoms with Crippen molar-refractivity contribution in [3.63, 3.8) is 0 Å². The molecule has 0 N–H and O–H groups in total. The highest BCUT2D eigenvalue weighted by molar-refractivity contribution is 7.25. The first-order valence-electron chi connectivity index (χ1n) is 16.9. The lowest BCUT2D eigenvalue weighted by Crippen LogP contribution is -2.09. The van der Waals surface area contributed by atoms with Gasteiger partial charge in [-0.2, -0.15) is 0 Å². The number of para-hydroxylation sites is 3. The Kier molecular flexibility index (Phi) is 8.56. The number of hydrogen-bond donors (Lipinski definition) is 0. The van der Waals surface area contributed by atoms with E-state index in [0.717, 1.165) is 17.1 Å². The third-order valence-corrected chi connectivity index (χ3v) is 10.2. The van der Waals surface area contributed by atoms with Gasteiger partial charge in [-0.3, -0.25) is 0 Å². The topological polar surface area (TPSA) is 8.17 Å². The number of benzene rings is 7. The molecule has 0 aliphatic heterocycles. The Morgan fingerprint density at radius 3 is 1.72 bits per heavy atom. The molecule has 0 fully saturated rings. The number of thiophene rings is 1. The van der Waals surface area contributed by atoms with Crippen LogP contribution >= 0.6 is 11.3 Å². The number of nitrogens with zero attached hydrogens (tertiary/aromatic N) is 2. The van der Waals surface area contributed by atoms with E-state index in [4.69, 9.17) is 0 Å². The quantitative estimate of drug-likeness (QED) is 0.161. The first kappa shape index (κ1) is 31.1. The van der Waals surface area contributed by atoms with Crippen molar-refractivity contribution in [1.82, 2.24) is 4.57 Å². The first-order valence-corrected chi connectivity index (χ1v) is 17.7. The van der Waals surface area contributed by atoms with Crippen LogP contribution in [0.2, 0.25) is 0 Å². The summed E-state index contributed by atoms with van der Waals surface area (Å²) in [7, 11) is 0. The zero-order valence-electron chi connectivity index (χ0n) is 27.9. The predicted molar refractivity (Wildman–Crippen MR) is 219 cm³/mol. The predicted octanol–water partition coefficient (Wildman–Crippen LogP) is 14.0. The lowest BCUT2D eigenvalue weighted by molar-refractivity contribution is 1.19. The summed E-state index contributed by atoms with van der Waals surface area (Å²) < 4.78 is 4.98. The fourth-order valence-electron chi connectivity index (χ4n) is 6.83. The number of rotatable bonds is 6. The van der Waals surface area contributed by atoms with Gasteiger partial charge in [-0.1, -0.05) is 128 Å². The number of hydrogen-bond acceptors (Lipinski definition) is 2. The van der Waals surface area contributed by atoms with Crippen LogP contribution in [0, 0.1) is 0 Å². The number of fused-ring (bicyclic) bond motifs is 6. The standard InChI is InChI=1S/C42H28N2S.C5H8/c1-3-11-29(12-4-1)30-19-21-32(22-20-30)43(31-13-5-2-6-14-31)34-23-25-37-38-27-33(24-26-41(38)45-42(37)28-34)44-39-17-9-7-15-35(39)36-16-8-10-18-40(36)44;1-3-5-4-2/h1-28H;3-5H,1H2,2H3/b;5-4-. The fraction of sp³-hybridized carbons (Fsp3) is 0.0213. The van der Waals surface area contributed by atoms with E-state index in [-0.39, 0.29) is 0 Å². The van der Waals surface area contributed by atoms with Gasteiger partial charge in [0, 0.05) is 53.7 Å². The number of anilines is 3. The van der Waals surface area contributed by atoms with Gasteiger partial charge in [0.05, 0.1) is 11.0 Å². The summed E-state index contributed by atoms with van der Waals surface area (Å²) in [5.74, 6) is 0. The van der Waals surface area contributed by atoms with Crippen molar-refractivity contribution in [1.29, 1.82) is 0 Å². The Morgan fingerprint density at radius 2 is 1.08 bits per heavy atom. The second-order valence-electron chi connectivity index (χ2n) is 12.2. The van der Waals surface area contributed by atoms with Gasteiger partial charge in [0.25, 0.3) is 0 Å². The van der Waals surface area contributed by atoms with Gasteiger partial charge in [0.15, 0.2) is 0 Å². The van der Waals surface area contributed by atoms with Gasteiger partial charge in [0.1, 0.15) is 0 Å². The minimum Gasteiger partial charge on any atom is -0.310 e. The molecule has 50 heavy (non-hydrogen) atoms. The summed E-state index contributed by atoms with van der Waals surface area (Å²) in [4.78, 5) is 2.35. The van der Waals surface area contributed by atoms with Crippen LogP contribution in [-0.4, -0.2) is 4.57 Å². The van der Waals surface area contributed by atoms with Gasteiger partial charge < -0.3 is 9.47 Å². The van der Waals surface area contributed by atoms with Crippen molar-refractivity contribution >= 4 is 70.4 Å². The summed E-state index contributed by atoms with van der Waals surface area (Å²) >= 11 is 1.86. The van der Waals surface area contributed by atoms with Crippen molar-refractivity contribution in [2.45, 2.75) is 6.92 Å². The number of aromatic nitrogens is 1. The van der Waals surface area contributed by atoms with E-state index in [2.05, 4.69) is 186 Å². The van der Waals surface area contributed by atoms with E-state index < -0.39 is 0 Å². The molecule has 0 unspecified atom stereocenters. The minimum absolute atomic E-state index is 1.13. The molecule has 2 aromatic heterocycles. The van der Waals surface area contributed by atoms with E-state index >= 15 is 0 Å². The molecule has 0 saturated carbocycles. The van der Waals surface area contributed by atoms with Crippen LogP contribution in [-0.2, 0) is 0 Å². The van der Waals surface area contributed by atoms with E-state index in [1.165, 1.54) is 58.8 Å². The van der Waals surface area contributed by atoms with Crippen molar-refractivity contribution in [3.8, 4) is 16.8 Å². The van der Waals surface area contributed by atoms with Crippen LogP contribution in [0.1, 0.15) is 6.92 Å². The molecule has 240 valence electrons. The lowest BCUT2D eigenvalue weighted by atomic mass is 10.0. The molecule has 9 aromatic rings. The SMILES string of the molecule is C=C/C=C\C.c1ccc(-c2ccc(N(c3ccccc3)c3ccc4c(c3)sc3ccc(-n5c6ccccc6c6ccccc65)cc34)cc2)cc1. The van der Waals surface area contributed by atoms with E-state index in [9.17, 15) is 0 Å². The van der Waals surface area contributed by atoms with Crippen molar-refractivity contribution < 1.29 is 0 Å². The summed E-state index contributed by atoms with van der Waals surface area (Å²) in [5.41, 5.74) is 9.51. The summed E-state index contributed by atoms with van der Waals surface area (Å²) in [6.07, 6.45) is 5.58. The summed E-state index contributed by atoms with van der Waals surface area (Å²) in [6, 6.07) is 61.3. The van der Waals surface area contributed by atoms with Gasteiger partial charge >= 0.3 is 0 Å². The second-order valence-corrected chi connectivity index (χ2v) is 13.3. The molecule has 0 aliphatic rings. The van der Waals surface area contributed by atoms with Crippen LogP contribution in [0.25, 0.3) is 58.8 Å².